The zero-order valence-electron chi connectivity index (χ0n) is 18.1. The van der Waals surface area contributed by atoms with Gasteiger partial charge in [0.05, 0.1) is 12.4 Å². The minimum absolute atomic E-state index is 0.291. The largest absolute Gasteiger partial charge is 0.414 e. The first-order chi connectivity index (χ1) is 15.3. The van der Waals surface area contributed by atoms with Crippen LogP contribution in [0.4, 0.5) is 14.4 Å². The summed E-state index contributed by atoms with van der Waals surface area (Å²) in [6.07, 6.45) is 1.58. The number of nitrogens with zero attached hydrogens (tertiary/aromatic N) is 4. The molecule has 4 amide bonds. The van der Waals surface area contributed by atoms with Crippen molar-refractivity contribution < 1.29 is 23.9 Å². The van der Waals surface area contributed by atoms with Gasteiger partial charge in [0.2, 0.25) is 0 Å². The van der Waals surface area contributed by atoms with Crippen LogP contribution in [0.25, 0.3) is 0 Å². The minimum atomic E-state index is -0.706. The van der Waals surface area contributed by atoms with Crippen LogP contribution in [0.3, 0.4) is 0 Å². The third-order valence-electron chi connectivity index (χ3n) is 3.70. The van der Waals surface area contributed by atoms with E-state index >= 15 is 0 Å². The number of rotatable bonds is 6. The second-order valence-electron chi connectivity index (χ2n) is 6.67. The summed E-state index contributed by atoms with van der Waals surface area (Å²) in [7, 11) is 6.26. The van der Waals surface area contributed by atoms with Crippen LogP contribution in [0, 0.1) is 0 Å². The van der Waals surface area contributed by atoms with Gasteiger partial charge < -0.3 is 19.3 Å². The molecule has 0 aromatic heterocycles. The van der Waals surface area contributed by atoms with Crippen LogP contribution in [-0.4, -0.2) is 68.6 Å². The zero-order chi connectivity index (χ0) is 23.5. The molecule has 11 heteroatoms. The highest BCUT2D eigenvalue weighted by Crippen LogP contribution is 2.17. The summed E-state index contributed by atoms with van der Waals surface area (Å²) in [5.41, 5.74) is 5.47. The number of hydrogen-bond acceptors (Lipinski definition) is 7. The maximum absolute atomic E-state index is 11.9. The number of benzene rings is 2. The number of para-hydroxylation sites is 2. The van der Waals surface area contributed by atoms with E-state index in [9.17, 15) is 14.4 Å². The van der Waals surface area contributed by atoms with Crippen molar-refractivity contribution >= 4 is 30.6 Å². The standard InChI is InChI=1S/C21H24N6O5/c1-26(2)20(29)31-17-11-7-5-9-15(17)13-22-24-19(28)25-23-14-16-10-6-8-12-18(16)32-21(30)27(3)4/h5-14H,1-4H3,(H2,24,25,28)/b22-13+,23-14+. The van der Waals surface area contributed by atoms with Crippen molar-refractivity contribution in [1.29, 1.82) is 0 Å². The Morgan fingerprint density at radius 3 is 1.47 bits per heavy atom. The molecule has 0 unspecified atom stereocenters. The second-order valence-corrected chi connectivity index (χ2v) is 6.67. The highest BCUT2D eigenvalue weighted by atomic mass is 16.6. The normalized spacial score (nSPS) is 10.6. The molecule has 32 heavy (non-hydrogen) atoms. The van der Waals surface area contributed by atoms with E-state index in [0.717, 1.165) is 0 Å². The quantitative estimate of drug-likeness (QED) is 0.527. The lowest BCUT2D eigenvalue weighted by atomic mass is 10.2. The predicted molar refractivity (Wildman–Crippen MR) is 119 cm³/mol. The molecule has 0 atom stereocenters. The first-order valence-electron chi connectivity index (χ1n) is 9.36. The Hall–Kier alpha value is -4.41. The van der Waals surface area contributed by atoms with Crippen LogP contribution < -0.4 is 20.3 Å². The Kier molecular flexibility index (Phi) is 8.72. The van der Waals surface area contributed by atoms with E-state index in [1.54, 1.807) is 76.7 Å². The molecule has 0 heterocycles. The molecule has 0 aliphatic rings. The molecule has 2 N–H and O–H groups in total. The third kappa shape index (κ3) is 7.44. The van der Waals surface area contributed by atoms with Gasteiger partial charge in [0.15, 0.2) is 0 Å². The van der Waals surface area contributed by atoms with Gasteiger partial charge in [0, 0.05) is 39.3 Å². The number of hydrazone groups is 2. The highest BCUT2D eigenvalue weighted by molar-refractivity contribution is 5.88. The van der Waals surface area contributed by atoms with Crippen molar-refractivity contribution in [3.8, 4) is 11.5 Å². The average molecular weight is 440 g/mol. The average Bonchev–Trinajstić information content (AvgIpc) is 2.76. The minimum Gasteiger partial charge on any atom is -0.410 e. The van der Waals surface area contributed by atoms with Crippen LogP contribution >= 0.6 is 0 Å². The van der Waals surface area contributed by atoms with E-state index in [-0.39, 0.29) is 0 Å². The van der Waals surface area contributed by atoms with Crippen molar-refractivity contribution in [2.45, 2.75) is 0 Å². The summed E-state index contributed by atoms with van der Waals surface area (Å²) >= 11 is 0. The molecule has 0 fully saturated rings. The van der Waals surface area contributed by atoms with E-state index in [2.05, 4.69) is 21.1 Å². The Morgan fingerprint density at radius 2 is 1.09 bits per heavy atom. The molecule has 0 bridgehead atoms. The molecule has 0 aliphatic heterocycles. The lowest BCUT2D eigenvalue weighted by molar-refractivity contribution is 0.171. The Balaban J connectivity index is 1.94. The summed E-state index contributed by atoms with van der Waals surface area (Å²) in [6, 6.07) is 12.7. The van der Waals surface area contributed by atoms with Crippen LogP contribution in [0.15, 0.2) is 58.7 Å². The SMILES string of the molecule is CN(C)C(=O)Oc1ccccc1/C=N/NC(=O)N/N=C/c1ccccc1OC(=O)N(C)C. The summed E-state index contributed by atoms with van der Waals surface area (Å²) < 4.78 is 10.5. The van der Waals surface area contributed by atoms with Gasteiger partial charge in [-0.2, -0.15) is 10.2 Å². The molecule has 0 spiro atoms. The summed E-state index contributed by atoms with van der Waals surface area (Å²) in [5.74, 6) is 0.582. The fourth-order valence-electron chi connectivity index (χ4n) is 2.08. The fraction of sp³-hybridized carbons (Fsp3) is 0.190. The molecule has 0 saturated heterocycles. The van der Waals surface area contributed by atoms with Crippen molar-refractivity contribution in [2.24, 2.45) is 10.2 Å². The maximum Gasteiger partial charge on any atom is 0.414 e. The molecule has 0 radical (unpaired) electrons. The number of ether oxygens (including phenoxy) is 2. The molecule has 0 saturated carbocycles. The lowest BCUT2D eigenvalue weighted by Crippen LogP contribution is -2.28. The lowest BCUT2D eigenvalue weighted by Gasteiger charge is -2.12. The number of urea groups is 1. The smallest absolute Gasteiger partial charge is 0.410 e. The first kappa shape index (κ1) is 23.9. The van der Waals surface area contributed by atoms with Gasteiger partial charge in [-0.1, -0.05) is 24.3 Å². The van der Waals surface area contributed by atoms with Crippen LogP contribution in [0.2, 0.25) is 0 Å². The fourth-order valence-corrected chi connectivity index (χ4v) is 2.08. The van der Waals surface area contributed by atoms with Crippen LogP contribution in [-0.2, 0) is 0 Å². The van der Waals surface area contributed by atoms with Crippen molar-refractivity contribution in [3.05, 3.63) is 59.7 Å². The first-order valence-corrected chi connectivity index (χ1v) is 9.36. The van der Waals surface area contributed by atoms with Crippen molar-refractivity contribution in [2.75, 3.05) is 28.2 Å². The topological polar surface area (TPSA) is 125 Å². The molecule has 0 aliphatic carbocycles. The maximum atomic E-state index is 11.9. The van der Waals surface area contributed by atoms with Gasteiger partial charge in [-0.05, 0) is 24.3 Å². The van der Waals surface area contributed by atoms with Crippen LogP contribution in [0.5, 0.6) is 11.5 Å². The molecule has 2 rings (SSSR count). The molecular weight excluding hydrogens is 416 g/mol. The number of carbonyl (C=O) groups is 3. The number of amides is 4. The molecule has 11 nitrogen and oxygen atoms in total. The van der Waals surface area contributed by atoms with Crippen LogP contribution in [0.1, 0.15) is 11.1 Å². The van der Waals surface area contributed by atoms with Gasteiger partial charge in [-0.25, -0.2) is 25.2 Å². The van der Waals surface area contributed by atoms with Gasteiger partial charge in [-0.3, -0.25) is 0 Å². The second kappa shape index (κ2) is 11.7. The van der Waals surface area contributed by atoms with Gasteiger partial charge in [0.1, 0.15) is 11.5 Å². The Labute approximate surface area is 185 Å². The van der Waals surface area contributed by atoms with E-state index < -0.39 is 18.2 Å². The van der Waals surface area contributed by atoms with Gasteiger partial charge in [-0.15, -0.1) is 0 Å². The molecule has 2 aromatic carbocycles. The Morgan fingerprint density at radius 1 is 0.719 bits per heavy atom. The summed E-state index contributed by atoms with van der Waals surface area (Å²) in [4.78, 5) is 37.9. The third-order valence-corrected chi connectivity index (χ3v) is 3.70. The van der Waals surface area contributed by atoms with E-state index in [1.807, 2.05) is 0 Å². The monoisotopic (exact) mass is 440 g/mol. The zero-order valence-corrected chi connectivity index (χ0v) is 18.1. The number of carbonyl (C=O) groups excluding carboxylic acids is 3. The highest BCUT2D eigenvalue weighted by Gasteiger charge is 2.10. The van der Waals surface area contributed by atoms with E-state index in [0.29, 0.717) is 22.6 Å². The van der Waals surface area contributed by atoms with E-state index in [4.69, 9.17) is 9.47 Å². The summed E-state index contributed by atoms with van der Waals surface area (Å²) in [6.45, 7) is 0. The molecular formula is C21H24N6O5. The molecule has 168 valence electrons. The Bertz CT molecular complexity index is 940. The number of hydrogen-bond donors (Lipinski definition) is 2. The summed E-state index contributed by atoms with van der Waals surface area (Å²) in [5, 5.41) is 7.63. The van der Waals surface area contributed by atoms with Gasteiger partial charge >= 0.3 is 18.2 Å². The molecule has 2 aromatic rings. The number of nitrogens with one attached hydrogen (secondary N) is 2. The van der Waals surface area contributed by atoms with E-state index in [1.165, 1.54) is 22.2 Å². The van der Waals surface area contributed by atoms with Crippen molar-refractivity contribution in [3.63, 3.8) is 0 Å². The van der Waals surface area contributed by atoms with Crippen molar-refractivity contribution in [1.82, 2.24) is 20.7 Å². The predicted octanol–water partition coefficient (Wildman–Crippen LogP) is 2.47. The van der Waals surface area contributed by atoms with Gasteiger partial charge in [0.25, 0.3) is 0 Å².